The first kappa shape index (κ1) is 11.7. The van der Waals surface area contributed by atoms with Crippen molar-refractivity contribution in [1.29, 1.82) is 0 Å². The van der Waals surface area contributed by atoms with Crippen LogP contribution in [0, 0.1) is 0 Å². The Kier molecular flexibility index (Phi) is 3.87. The summed E-state index contributed by atoms with van der Waals surface area (Å²) in [6, 6.07) is 10.1. The molecule has 0 unspecified atom stereocenters. The summed E-state index contributed by atoms with van der Waals surface area (Å²) in [5.74, 6) is 0. The van der Waals surface area contributed by atoms with Gasteiger partial charge in [0.2, 0.25) is 0 Å². The van der Waals surface area contributed by atoms with Crippen molar-refractivity contribution >= 4 is 6.08 Å². The second kappa shape index (κ2) is 4.94. The first-order chi connectivity index (χ1) is 7.00. The van der Waals surface area contributed by atoms with E-state index < -0.39 is 5.60 Å². The molecule has 1 nitrogen and oxygen atoms in total. The predicted molar refractivity (Wildman–Crippen MR) is 65.5 cm³/mol. The van der Waals surface area contributed by atoms with E-state index in [1.807, 2.05) is 42.5 Å². The molecule has 0 saturated carbocycles. The summed E-state index contributed by atoms with van der Waals surface area (Å²) >= 11 is 0. The van der Waals surface area contributed by atoms with E-state index in [1.165, 1.54) is 5.56 Å². The Morgan fingerprint density at radius 3 is 2.47 bits per heavy atom. The molecule has 0 aromatic heterocycles. The molecule has 0 aliphatic rings. The number of hydrogen-bond donors (Lipinski definition) is 1. The molecule has 0 atom stereocenters. The zero-order valence-corrected chi connectivity index (χ0v) is 9.40. The van der Waals surface area contributed by atoms with Crippen molar-refractivity contribution in [1.82, 2.24) is 0 Å². The quantitative estimate of drug-likeness (QED) is 0.742. The van der Waals surface area contributed by atoms with Gasteiger partial charge in [-0.3, -0.25) is 0 Å². The Morgan fingerprint density at radius 1 is 1.33 bits per heavy atom. The van der Waals surface area contributed by atoms with E-state index in [2.05, 4.69) is 6.58 Å². The second-order valence-corrected chi connectivity index (χ2v) is 4.18. The fraction of sp³-hybridized carbons (Fsp3) is 0.286. The maximum atomic E-state index is 9.65. The van der Waals surface area contributed by atoms with Gasteiger partial charge in [0.25, 0.3) is 0 Å². The number of hydrogen-bond acceptors (Lipinski definition) is 1. The van der Waals surface area contributed by atoms with E-state index in [0.717, 1.165) is 5.57 Å². The fourth-order valence-electron chi connectivity index (χ4n) is 1.15. The molecule has 0 aliphatic heterocycles. The van der Waals surface area contributed by atoms with Crippen LogP contribution in [0.3, 0.4) is 0 Å². The maximum Gasteiger partial charge on any atom is 0.0801 e. The van der Waals surface area contributed by atoms with Crippen LogP contribution in [-0.2, 0) is 0 Å². The first-order valence-electron chi connectivity index (χ1n) is 5.12. The van der Waals surface area contributed by atoms with Crippen LogP contribution in [0.25, 0.3) is 6.08 Å². The lowest BCUT2D eigenvalue weighted by Crippen LogP contribution is -2.20. The molecule has 0 bridgehead atoms. The summed E-state index contributed by atoms with van der Waals surface area (Å²) in [6.07, 6.45) is 4.77. The highest BCUT2D eigenvalue weighted by Gasteiger charge is 2.15. The number of rotatable bonds is 4. The highest BCUT2D eigenvalue weighted by atomic mass is 16.3. The molecule has 80 valence electrons. The van der Waals surface area contributed by atoms with E-state index in [4.69, 9.17) is 0 Å². The standard InChI is InChI=1S/C14H18O/c1-12(14(2,3)15)8-7-11-13-9-5-4-6-10-13/h4-7,9-11,15H,1,8H2,2-3H3. The van der Waals surface area contributed by atoms with Crippen LogP contribution in [0.15, 0.2) is 48.6 Å². The third-order valence-electron chi connectivity index (χ3n) is 2.34. The highest BCUT2D eigenvalue weighted by molar-refractivity contribution is 5.49. The normalized spacial score (nSPS) is 11.9. The number of benzene rings is 1. The minimum Gasteiger partial charge on any atom is -0.386 e. The molecule has 0 radical (unpaired) electrons. The molecule has 0 saturated heterocycles. The van der Waals surface area contributed by atoms with Gasteiger partial charge in [0.15, 0.2) is 0 Å². The van der Waals surface area contributed by atoms with Crippen molar-refractivity contribution in [2.24, 2.45) is 0 Å². The zero-order valence-electron chi connectivity index (χ0n) is 9.40. The summed E-state index contributed by atoms with van der Waals surface area (Å²) in [5, 5.41) is 9.65. The molecule has 1 rings (SSSR count). The van der Waals surface area contributed by atoms with Gasteiger partial charge in [-0.25, -0.2) is 0 Å². The van der Waals surface area contributed by atoms with E-state index in [-0.39, 0.29) is 0 Å². The minimum absolute atomic E-state index is 0.707. The van der Waals surface area contributed by atoms with Crippen molar-refractivity contribution in [2.75, 3.05) is 0 Å². The van der Waals surface area contributed by atoms with Crippen LogP contribution in [0.1, 0.15) is 25.8 Å². The van der Waals surface area contributed by atoms with Gasteiger partial charge < -0.3 is 5.11 Å². The number of aliphatic hydroxyl groups is 1. The zero-order chi connectivity index (χ0) is 11.3. The minimum atomic E-state index is -0.791. The van der Waals surface area contributed by atoms with Gasteiger partial charge >= 0.3 is 0 Å². The molecule has 15 heavy (non-hydrogen) atoms. The van der Waals surface area contributed by atoms with Crippen molar-refractivity contribution < 1.29 is 5.11 Å². The van der Waals surface area contributed by atoms with Gasteiger partial charge in [-0.2, -0.15) is 0 Å². The second-order valence-electron chi connectivity index (χ2n) is 4.18. The highest BCUT2D eigenvalue weighted by Crippen LogP contribution is 2.17. The summed E-state index contributed by atoms with van der Waals surface area (Å²) in [7, 11) is 0. The summed E-state index contributed by atoms with van der Waals surface area (Å²) in [6.45, 7) is 7.37. The molecule has 1 N–H and O–H groups in total. The third-order valence-corrected chi connectivity index (χ3v) is 2.34. The third kappa shape index (κ3) is 4.13. The Bertz CT molecular complexity index is 341. The van der Waals surface area contributed by atoms with Crippen molar-refractivity contribution in [3.63, 3.8) is 0 Å². The average Bonchev–Trinajstić information content (AvgIpc) is 2.18. The Hall–Kier alpha value is -1.34. The Morgan fingerprint density at radius 2 is 1.93 bits per heavy atom. The lowest BCUT2D eigenvalue weighted by Gasteiger charge is -2.18. The van der Waals surface area contributed by atoms with Gasteiger partial charge in [0.05, 0.1) is 5.60 Å². The van der Waals surface area contributed by atoms with Crippen LogP contribution in [0.2, 0.25) is 0 Å². The molecule has 1 aromatic rings. The molecule has 0 aliphatic carbocycles. The van der Waals surface area contributed by atoms with Gasteiger partial charge in [-0.15, -0.1) is 0 Å². The maximum absolute atomic E-state index is 9.65. The Labute approximate surface area is 91.8 Å². The smallest absolute Gasteiger partial charge is 0.0801 e. The molecule has 1 heteroatoms. The van der Waals surface area contributed by atoms with E-state index in [9.17, 15) is 5.11 Å². The molecule has 0 fully saturated rings. The topological polar surface area (TPSA) is 20.2 Å². The van der Waals surface area contributed by atoms with Crippen LogP contribution in [0.5, 0.6) is 0 Å². The van der Waals surface area contributed by atoms with Gasteiger partial charge in [0, 0.05) is 0 Å². The number of allylic oxidation sites excluding steroid dienone is 1. The van der Waals surface area contributed by atoms with Crippen molar-refractivity contribution in [3.8, 4) is 0 Å². The molecular formula is C14H18O. The average molecular weight is 202 g/mol. The summed E-state index contributed by atoms with van der Waals surface area (Å²) in [4.78, 5) is 0. The molecular weight excluding hydrogens is 184 g/mol. The van der Waals surface area contributed by atoms with Crippen LogP contribution >= 0.6 is 0 Å². The van der Waals surface area contributed by atoms with E-state index in [1.54, 1.807) is 13.8 Å². The SMILES string of the molecule is C=C(CC=Cc1ccccc1)C(C)(C)O. The largest absolute Gasteiger partial charge is 0.386 e. The molecule has 0 spiro atoms. The van der Waals surface area contributed by atoms with Gasteiger partial charge in [-0.1, -0.05) is 49.1 Å². The summed E-state index contributed by atoms with van der Waals surface area (Å²) < 4.78 is 0. The van der Waals surface area contributed by atoms with Crippen molar-refractivity contribution in [3.05, 3.63) is 54.1 Å². The van der Waals surface area contributed by atoms with Crippen molar-refractivity contribution in [2.45, 2.75) is 25.9 Å². The van der Waals surface area contributed by atoms with Crippen LogP contribution < -0.4 is 0 Å². The van der Waals surface area contributed by atoms with E-state index >= 15 is 0 Å². The molecule has 0 amide bonds. The Balaban J connectivity index is 2.51. The monoisotopic (exact) mass is 202 g/mol. The predicted octanol–water partition coefficient (Wildman–Crippen LogP) is 3.42. The summed E-state index contributed by atoms with van der Waals surface area (Å²) in [5.41, 5.74) is 1.21. The first-order valence-corrected chi connectivity index (χ1v) is 5.12. The van der Waals surface area contributed by atoms with Crippen LogP contribution in [0.4, 0.5) is 0 Å². The lowest BCUT2D eigenvalue weighted by atomic mass is 9.97. The van der Waals surface area contributed by atoms with Gasteiger partial charge in [-0.05, 0) is 31.4 Å². The fourth-order valence-corrected chi connectivity index (χ4v) is 1.15. The van der Waals surface area contributed by atoms with Crippen LogP contribution in [-0.4, -0.2) is 10.7 Å². The molecule has 0 heterocycles. The van der Waals surface area contributed by atoms with E-state index in [0.29, 0.717) is 6.42 Å². The lowest BCUT2D eigenvalue weighted by molar-refractivity contribution is 0.118. The molecule has 1 aromatic carbocycles. The van der Waals surface area contributed by atoms with Gasteiger partial charge in [0.1, 0.15) is 0 Å².